The summed E-state index contributed by atoms with van der Waals surface area (Å²) in [6.07, 6.45) is 3.98. The molecule has 2 atom stereocenters. The first-order valence-electron chi connectivity index (χ1n) is 6.74. The van der Waals surface area contributed by atoms with E-state index in [0.717, 1.165) is 24.4 Å². The van der Waals surface area contributed by atoms with E-state index >= 15 is 0 Å². The van der Waals surface area contributed by atoms with E-state index < -0.39 is 0 Å². The molecule has 1 aromatic carbocycles. The summed E-state index contributed by atoms with van der Waals surface area (Å²) < 4.78 is 10.8. The lowest BCUT2D eigenvalue weighted by Crippen LogP contribution is -2.22. The van der Waals surface area contributed by atoms with Gasteiger partial charge in [-0.1, -0.05) is 6.07 Å². The number of nitrogens with one attached hydrogen (secondary N) is 1. The van der Waals surface area contributed by atoms with Crippen molar-refractivity contribution < 1.29 is 9.15 Å². The maximum atomic E-state index is 5.45. The predicted molar refractivity (Wildman–Crippen MR) is 74.3 cm³/mol. The summed E-state index contributed by atoms with van der Waals surface area (Å²) in [5, 5.41) is 3.64. The molecule has 1 aliphatic rings. The molecule has 0 saturated heterocycles. The Balaban J connectivity index is 1.78. The predicted octanol–water partition coefficient (Wildman–Crippen LogP) is 3.63. The minimum Gasteiger partial charge on any atom is -0.497 e. The van der Waals surface area contributed by atoms with Crippen LogP contribution in [0.15, 0.2) is 41.0 Å². The summed E-state index contributed by atoms with van der Waals surface area (Å²) in [5.41, 5.74) is 2.78. The van der Waals surface area contributed by atoms with Crippen molar-refractivity contribution in [3.05, 3.63) is 53.5 Å². The second kappa shape index (κ2) is 5.10. The standard InChI is InChI=1S/C16H19NO2/c1-11(16-4-3-9-19-16)17-15-8-6-12-5-7-13(18-2)10-14(12)15/h3-5,7,9-11,15,17H,6,8H2,1-2H3/t11-,15?/m0/s1. The Morgan fingerprint density at radius 2 is 2.26 bits per heavy atom. The average Bonchev–Trinajstić information content (AvgIpc) is 3.08. The number of rotatable bonds is 4. The molecule has 1 unspecified atom stereocenters. The normalized spacial score (nSPS) is 19.2. The third-order valence-corrected chi connectivity index (χ3v) is 3.85. The number of benzene rings is 1. The number of hydrogen-bond acceptors (Lipinski definition) is 3. The van der Waals surface area contributed by atoms with Crippen LogP contribution in [-0.4, -0.2) is 7.11 Å². The Kier molecular flexibility index (Phi) is 3.30. The van der Waals surface area contributed by atoms with Crippen LogP contribution in [-0.2, 0) is 6.42 Å². The van der Waals surface area contributed by atoms with Crippen molar-refractivity contribution in [2.75, 3.05) is 7.11 Å². The first kappa shape index (κ1) is 12.3. The van der Waals surface area contributed by atoms with Crippen LogP contribution in [0.3, 0.4) is 0 Å². The minimum absolute atomic E-state index is 0.220. The van der Waals surface area contributed by atoms with Crippen LogP contribution in [0.4, 0.5) is 0 Å². The maximum absolute atomic E-state index is 5.45. The summed E-state index contributed by atoms with van der Waals surface area (Å²) in [6, 6.07) is 10.9. The van der Waals surface area contributed by atoms with Gasteiger partial charge in [0.2, 0.25) is 0 Å². The summed E-state index contributed by atoms with van der Waals surface area (Å²) >= 11 is 0. The molecule has 3 rings (SSSR count). The van der Waals surface area contributed by atoms with E-state index in [9.17, 15) is 0 Å². The molecule has 1 N–H and O–H groups in total. The summed E-state index contributed by atoms with van der Waals surface area (Å²) in [4.78, 5) is 0. The molecule has 3 nitrogen and oxygen atoms in total. The van der Waals surface area contributed by atoms with Crippen molar-refractivity contribution in [3.8, 4) is 5.75 Å². The van der Waals surface area contributed by atoms with Gasteiger partial charge >= 0.3 is 0 Å². The number of ether oxygens (including phenoxy) is 1. The summed E-state index contributed by atoms with van der Waals surface area (Å²) in [5.74, 6) is 1.91. The molecule has 0 saturated carbocycles. The van der Waals surface area contributed by atoms with Gasteiger partial charge in [0.05, 0.1) is 19.4 Å². The molecule has 19 heavy (non-hydrogen) atoms. The molecule has 1 aromatic heterocycles. The van der Waals surface area contributed by atoms with Gasteiger partial charge in [-0.25, -0.2) is 0 Å². The molecule has 0 radical (unpaired) electrons. The van der Waals surface area contributed by atoms with Gasteiger partial charge in [0.15, 0.2) is 0 Å². The molecule has 0 amide bonds. The minimum atomic E-state index is 0.220. The van der Waals surface area contributed by atoms with E-state index in [1.165, 1.54) is 11.1 Å². The Hall–Kier alpha value is -1.74. The van der Waals surface area contributed by atoms with Crippen LogP contribution < -0.4 is 10.1 Å². The van der Waals surface area contributed by atoms with Crippen LogP contribution in [0, 0.1) is 0 Å². The number of fused-ring (bicyclic) bond motifs is 1. The summed E-state index contributed by atoms with van der Waals surface area (Å²) in [6.45, 7) is 2.14. The smallest absolute Gasteiger partial charge is 0.120 e. The lowest BCUT2D eigenvalue weighted by atomic mass is 10.1. The fraction of sp³-hybridized carbons (Fsp3) is 0.375. The molecular formula is C16H19NO2. The Morgan fingerprint density at radius 3 is 3.00 bits per heavy atom. The third kappa shape index (κ3) is 2.38. The van der Waals surface area contributed by atoms with Gasteiger partial charge < -0.3 is 14.5 Å². The molecular weight excluding hydrogens is 238 g/mol. The maximum Gasteiger partial charge on any atom is 0.120 e. The second-order valence-electron chi connectivity index (χ2n) is 5.06. The number of aryl methyl sites for hydroxylation is 1. The third-order valence-electron chi connectivity index (χ3n) is 3.85. The van der Waals surface area contributed by atoms with Crippen molar-refractivity contribution in [2.45, 2.75) is 31.8 Å². The van der Waals surface area contributed by atoms with Crippen molar-refractivity contribution in [1.82, 2.24) is 5.32 Å². The fourth-order valence-corrected chi connectivity index (χ4v) is 2.80. The van der Waals surface area contributed by atoms with Crippen molar-refractivity contribution in [1.29, 1.82) is 0 Å². The molecule has 1 heterocycles. The van der Waals surface area contributed by atoms with Crippen molar-refractivity contribution in [3.63, 3.8) is 0 Å². The molecule has 2 aromatic rings. The van der Waals surface area contributed by atoms with Crippen LogP contribution in [0.1, 0.15) is 42.3 Å². The molecule has 0 fully saturated rings. The zero-order valence-corrected chi connectivity index (χ0v) is 11.3. The van der Waals surface area contributed by atoms with Crippen molar-refractivity contribution >= 4 is 0 Å². The Labute approximate surface area is 113 Å². The van der Waals surface area contributed by atoms with E-state index in [1.807, 2.05) is 18.2 Å². The van der Waals surface area contributed by atoms with E-state index in [-0.39, 0.29) is 6.04 Å². The van der Waals surface area contributed by atoms with Crippen LogP contribution in [0.2, 0.25) is 0 Å². The zero-order chi connectivity index (χ0) is 13.2. The molecule has 1 aliphatic carbocycles. The van der Waals surface area contributed by atoms with E-state index in [0.29, 0.717) is 6.04 Å². The van der Waals surface area contributed by atoms with Crippen molar-refractivity contribution in [2.24, 2.45) is 0 Å². The highest BCUT2D eigenvalue weighted by Crippen LogP contribution is 2.35. The first-order chi connectivity index (χ1) is 9.28. The van der Waals surface area contributed by atoms with Gasteiger partial charge in [-0.05, 0) is 55.2 Å². The average molecular weight is 257 g/mol. The van der Waals surface area contributed by atoms with Crippen LogP contribution >= 0.6 is 0 Å². The lowest BCUT2D eigenvalue weighted by Gasteiger charge is -2.19. The van der Waals surface area contributed by atoms with Gasteiger partial charge in [-0.3, -0.25) is 0 Å². The molecule has 3 heteroatoms. The number of furan rings is 1. The van der Waals surface area contributed by atoms with E-state index in [2.05, 4.69) is 24.4 Å². The van der Waals surface area contributed by atoms with Gasteiger partial charge in [0.25, 0.3) is 0 Å². The second-order valence-corrected chi connectivity index (χ2v) is 5.06. The van der Waals surface area contributed by atoms with E-state index in [1.54, 1.807) is 13.4 Å². The van der Waals surface area contributed by atoms with Gasteiger partial charge in [0.1, 0.15) is 11.5 Å². The quantitative estimate of drug-likeness (QED) is 0.908. The Bertz CT molecular complexity index is 548. The van der Waals surface area contributed by atoms with Gasteiger partial charge in [-0.2, -0.15) is 0 Å². The lowest BCUT2D eigenvalue weighted by molar-refractivity contribution is 0.388. The number of hydrogen-bond donors (Lipinski definition) is 1. The highest BCUT2D eigenvalue weighted by Gasteiger charge is 2.25. The topological polar surface area (TPSA) is 34.4 Å². The molecule has 0 bridgehead atoms. The van der Waals surface area contributed by atoms with Gasteiger partial charge in [-0.15, -0.1) is 0 Å². The van der Waals surface area contributed by atoms with Crippen LogP contribution in [0.25, 0.3) is 0 Å². The Morgan fingerprint density at radius 1 is 1.37 bits per heavy atom. The highest BCUT2D eigenvalue weighted by molar-refractivity contribution is 5.40. The SMILES string of the molecule is COc1ccc2c(c1)C(N[C@@H](C)c1ccco1)CC2. The molecule has 0 spiro atoms. The number of methoxy groups -OCH3 is 1. The largest absolute Gasteiger partial charge is 0.497 e. The monoisotopic (exact) mass is 257 g/mol. The van der Waals surface area contributed by atoms with Gasteiger partial charge in [0, 0.05) is 6.04 Å². The first-order valence-corrected chi connectivity index (χ1v) is 6.74. The fourth-order valence-electron chi connectivity index (χ4n) is 2.80. The zero-order valence-electron chi connectivity index (χ0n) is 11.3. The molecule has 0 aliphatic heterocycles. The molecule has 100 valence electrons. The highest BCUT2D eigenvalue weighted by atomic mass is 16.5. The van der Waals surface area contributed by atoms with Crippen LogP contribution in [0.5, 0.6) is 5.75 Å². The van der Waals surface area contributed by atoms with E-state index in [4.69, 9.17) is 9.15 Å². The summed E-state index contributed by atoms with van der Waals surface area (Å²) in [7, 11) is 1.71.